The molecule has 1 atom stereocenters. The van der Waals surface area contributed by atoms with Crippen LogP contribution in [0.2, 0.25) is 0 Å². The second-order valence-electron chi connectivity index (χ2n) is 7.63. The van der Waals surface area contributed by atoms with Gasteiger partial charge in [0, 0.05) is 11.4 Å². The molecule has 0 unspecified atom stereocenters. The van der Waals surface area contributed by atoms with Gasteiger partial charge in [0.05, 0.1) is 6.61 Å². The van der Waals surface area contributed by atoms with Crippen molar-refractivity contribution in [2.45, 2.75) is 39.4 Å². The van der Waals surface area contributed by atoms with E-state index in [-0.39, 0.29) is 5.97 Å². The van der Waals surface area contributed by atoms with Crippen molar-refractivity contribution in [3.8, 4) is 22.6 Å². The molecule has 0 heterocycles. The van der Waals surface area contributed by atoms with E-state index in [1.807, 2.05) is 67.6 Å². The van der Waals surface area contributed by atoms with Crippen molar-refractivity contribution in [1.82, 2.24) is 0 Å². The van der Waals surface area contributed by atoms with Crippen LogP contribution in [0.4, 0.5) is 11.4 Å². The Morgan fingerprint density at radius 3 is 2.00 bits per heavy atom. The Morgan fingerprint density at radius 2 is 1.44 bits per heavy atom. The maximum absolute atomic E-state index is 11.9. The minimum Gasteiger partial charge on any atom is -0.489 e. The van der Waals surface area contributed by atoms with Crippen molar-refractivity contribution in [1.29, 1.82) is 0 Å². The molecule has 0 aliphatic heterocycles. The van der Waals surface area contributed by atoms with Gasteiger partial charge in [-0.15, -0.1) is 0 Å². The fourth-order valence-corrected chi connectivity index (χ4v) is 3.15. The Hall–Kier alpha value is -3.67. The molecule has 168 valence electrons. The van der Waals surface area contributed by atoms with Crippen LogP contribution in [0.15, 0.2) is 66.7 Å². The molecule has 0 aromatic heterocycles. The summed E-state index contributed by atoms with van der Waals surface area (Å²) in [7, 11) is 0. The first kappa shape index (κ1) is 23.0. The summed E-state index contributed by atoms with van der Waals surface area (Å²) in [5.41, 5.74) is 15.9. The zero-order chi connectivity index (χ0) is 22.9. The number of carbonyl (C=O) groups is 1. The van der Waals surface area contributed by atoms with Crippen molar-refractivity contribution in [2.75, 3.05) is 18.1 Å². The van der Waals surface area contributed by atoms with E-state index in [0.29, 0.717) is 30.3 Å². The summed E-state index contributed by atoms with van der Waals surface area (Å²) in [6.07, 6.45) is 1.19. The van der Waals surface area contributed by atoms with Gasteiger partial charge in [-0.3, -0.25) is 0 Å². The summed E-state index contributed by atoms with van der Waals surface area (Å²) >= 11 is 0. The molecule has 3 aromatic rings. The molecule has 0 fully saturated rings. The average Bonchev–Trinajstić information content (AvgIpc) is 2.78. The minimum atomic E-state index is -0.649. The maximum atomic E-state index is 11.9. The fourth-order valence-electron chi connectivity index (χ4n) is 3.15. The maximum Gasteiger partial charge on any atom is 0.347 e. The smallest absolute Gasteiger partial charge is 0.347 e. The van der Waals surface area contributed by atoms with Crippen LogP contribution in [0.3, 0.4) is 0 Å². The number of unbranched alkanes of at least 4 members (excludes halogenated alkanes) is 1. The molecule has 0 saturated heterocycles. The lowest BCUT2D eigenvalue weighted by atomic mass is 10.1. The molecule has 0 radical (unpaired) electrons. The Bertz CT molecular complexity index is 997. The zero-order valence-electron chi connectivity index (χ0n) is 18.5. The van der Waals surface area contributed by atoms with E-state index in [1.165, 1.54) is 0 Å². The SMILES string of the molecule is CCCCOC(=O)[C@@H](C)Oc1ccc(-c2ccc(OCc3cc(N)cc(N)c3)cc2)cc1. The lowest BCUT2D eigenvalue weighted by molar-refractivity contribution is -0.151. The van der Waals surface area contributed by atoms with E-state index in [4.69, 9.17) is 25.7 Å². The van der Waals surface area contributed by atoms with Gasteiger partial charge in [-0.2, -0.15) is 0 Å². The lowest BCUT2D eigenvalue weighted by Crippen LogP contribution is -2.26. The van der Waals surface area contributed by atoms with Crippen molar-refractivity contribution >= 4 is 17.3 Å². The Morgan fingerprint density at radius 1 is 0.875 bits per heavy atom. The molecule has 0 saturated carbocycles. The number of hydrogen-bond acceptors (Lipinski definition) is 6. The molecule has 0 spiro atoms. The summed E-state index contributed by atoms with van der Waals surface area (Å²) in [5, 5.41) is 0. The van der Waals surface area contributed by atoms with Gasteiger partial charge in [0.15, 0.2) is 6.10 Å². The summed E-state index contributed by atoms with van der Waals surface area (Å²) in [6.45, 7) is 4.56. The summed E-state index contributed by atoms with van der Waals surface area (Å²) < 4.78 is 16.7. The Balaban J connectivity index is 1.55. The molecule has 6 heteroatoms. The van der Waals surface area contributed by atoms with E-state index in [0.717, 1.165) is 35.3 Å². The average molecular weight is 435 g/mol. The third-order valence-electron chi connectivity index (χ3n) is 4.87. The van der Waals surface area contributed by atoms with Gasteiger partial charge in [0.2, 0.25) is 0 Å². The van der Waals surface area contributed by atoms with Crippen molar-refractivity contribution in [3.63, 3.8) is 0 Å². The summed E-state index contributed by atoms with van der Waals surface area (Å²) in [5.74, 6) is 1.03. The third kappa shape index (κ3) is 6.67. The van der Waals surface area contributed by atoms with Crippen LogP contribution in [0.1, 0.15) is 32.3 Å². The number of ether oxygens (including phenoxy) is 3. The van der Waals surface area contributed by atoms with E-state index in [9.17, 15) is 4.79 Å². The van der Waals surface area contributed by atoms with Crippen molar-refractivity contribution in [3.05, 3.63) is 72.3 Å². The first-order valence-electron chi connectivity index (χ1n) is 10.8. The highest BCUT2D eigenvalue weighted by Gasteiger charge is 2.16. The van der Waals surface area contributed by atoms with E-state index >= 15 is 0 Å². The van der Waals surface area contributed by atoms with Gasteiger partial charge in [-0.25, -0.2) is 4.79 Å². The topological polar surface area (TPSA) is 96.8 Å². The van der Waals surface area contributed by atoms with Gasteiger partial charge < -0.3 is 25.7 Å². The van der Waals surface area contributed by atoms with Crippen LogP contribution in [0.5, 0.6) is 11.5 Å². The Labute approximate surface area is 189 Å². The summed E-state index contributed by atoms with van der Waals surface area (Å²) in [6, 6.07) is 20.8. The number of nitrogens with two attached hydrogens (primary N) is 2. The van der Waals surface area contributed by atoms with Crippen molar-refractivity contribution < 1.29 is 19.0 Å². The predicted molar refractivity (Wildman–Crippen MR) is 127 cm³/mol. The van der Waals surface area contributed by atoms with Gasteiger partial charge in [-0.05, 0) is 72.5 Å². The number of anilines is 2. The van der Waals surface area contributed by atoms with Gasteiger partial charge in [-0.1, -0.05) is 37.6 Å². The zero-order valence-corrected chi connectivity index (χ0v) is 18.5. The summed E-state index contributed by atoms with van der Waals surface area (Å²) in [4.78, 5) is 11.9. The molecule has 6 nitrogen and oxygen atoms in total. The molecule has 3 rings (SSSR count). The van der Waals surface area contributed by atoms with E-state index < -0.39 is 6.10 Å². The lowest BCUT2D eigenvalue weighted by Gasteiger charge is -2.14. The van der Waals surface area contributed by atoms with Crippen LogP contribution in [-0.4, -0.2) is 18.7 Å². The standard InChI is InChI=1S/C26H30N2O4/c1-3-4-13-30-26(29)18(2)32-25-11-7-21(8-12-25)20-5-9-24(10-6-20)31-17-19-14-22(27)16-23(28)15-19/h5-12,14-16,18H,3-4,13,17,27-28H2,1-2H3/t18-/m1/s1. The molecule has 32 heavy (non-hydrogen) atoms. The van der Waals surface area contributed by atoms with Crippen LogP contribution < -0.4 is 20.9 Å². The minimum absolute atomic E-state index is 0.348. The van der Waals surface area contributed by atoms with Crippen LogP contribution in [0, 0.1) is 0 Å². The molecule has 0 bridgehead atoms. The number of benzene rings is 3. The van der Waals surface area contributed by atoms with Crippen molar-refractivity contribution in [2.24, 2.45) is 0 Å². The number of nitrogen functional groups attached to an aromatic ring is 2. The molecular formula is C26H30N2O4. The van der Waals surface area contributed by atoms with Crippen LogP contribution >= 0.6 is 0 Å². The molecule has 0 aliphatic carbocycles. The van der Waals surface area contributed by atoms with Gasteiger partial charge in [0.25, 0.3) is 0 Å². The third-order valence-corrected chi connectivity index (χ3v) is 4.87. The molecular weight excluding hydrogens is 404 g/mol. The number of carbonyl (C=O) groups excluding carboxylic acids is 1. The Kier molecular flexibility index (Phi) is 7.97. The number of rotatable bonds is 10. The van der Waals surface area contributed by atoms with E-state index in [1.54, 1.807) is 13.0 Å². The number of hydrogen-bond donors (Lipinski definition) is 2. The monoisotopic (exact) mass is 434 g/mol. The highest BCUT2D eigenvalue weighted by atomic mass is 16.6. The second-order valence-corrected chi connectivity index (χ2v) is 7.63. The van der Waals surface area contributed by atoms with Gasteiger partial charge >= 0.3 is 5.97 Å². The molecule has 0 amide bonds. The predicted octanol–water partition coefficient (Wildman–Crippen LogP) is 5.21. The molecule has 0 aliphatic rings. The van der Waals surface area contributed by atoms with Crippen LogP contribution in [-0.2, 0) is 16.1 Å². The first-order chi connectivity index (χ1) is 15.4. The highest BCUT2D eigenvalue weighted by molar-refractivity contribution is 5.74. The second kappa shape index (κ2) is 11.1. The highest BCUT2D eigenvalue weighted by Crippen LogP contribution is 2.26. The van der Waals surface area contributed by atoms with Crippen LogP contribution in [0.25, 0.3) is 11.1 Å². The normalized spacial score (nSPS) is 11.6. The molecule has 4 N–H and O–H groups in total. The fraction of sp³-hybridized carbons (Fsp3) is 0.269. The van der Waals surface area contributed by atoms with E-state index in [2.05, 4.69) is 0 Å². The quantitative estimate of drug-likeness (QED) is 0.258. The number of esters is 1. The largest absolute Gasteiger partial charge is 0.489 e. The first-order valence-corrected chi connectivity index (χ1v) is 10.8. The van der Waals surface area contributed by atoms with Gasteiger partial charge in [0.1, 0.15) is 18.1 Å². The molecule has 3 aromatic carbocycles.